The molecule has 0 saturated heterocycles. The summed E-state index contributed by atoms with van der Waals surface area (Å²) >= 11 is 0. The van der Waals surface area contributed by atoms with Gasteiger partial charge in [-0.15, -0.1) is 0 Å². The van der Waals surface area contributed by atoms with E-state index < -0.39 is 6.04 Å². The Morgan fingerprint density at radius 1 is 1.29 bits per heavy atom. The summed E-state index contributed by atoms with van der Waals surface area (Å²) in [7, 11) is 0. The molecule has 0 saturated carbocycles. The highest BCUT2D eigenvalue weighted by Gasteiger charge is 2.30. The number of nitrogens with two attached hydrogens (primary N) is 2. The van der Waals surface area contributed by atoms with E-state index in [0.717, 1.165) is 5.57 Å². The number of nitrogen functional groups attached to an aromatic ring is 2. The summed E-state index contributed by atoms with van der Waals surface area (Å²) in [5.74, 6) is 1.56. The van der Waals surface area contributed by atoms with Gasteiger partial charge in [-0.2, -0.15) is 10.5 Å². The minimum Gasteiger partial charge on any atom is -0.490 e. The maximum Gasteiger partial charge on any atom is 0.211 e. The second-order valence-corrected chi connectivity index (χ2v) is 6.79. The lowest BCUT2D eigenvalue weighted by Crippen LogP contribution is -2.32. The Bertz CT molecular complexity index is 1140. The van der Waals surface area contributed by atoms with Gasteiger partial charge in [0.05, 0.1) is 12.3 Å². The molecule has 1 atom stereocenters. The van der Waals surface area contributed by atoms with Crippen molar-refractivity contribution in [2.45, 2.75) is 19.9 Å². The second kappa shape index (κ2) is 8.93. The average molecular weight is 418 g/mol. The molecular formula is C21H22N8O2. The molecule has 0 spiro atoms. The van der Waals surface area contributed by atoms with Crippen molar-refractivity contribution in [3.05, 3.63) is 47.0 Å². The van der Waals surface area contributed by atoms with Crippen molar-refractivity contribution in [1.29, 1.82) is 10.5 Å². The Labute approximate surface area is 179 Å². The zero-order valence-electron chi connectivity index (χ0n) is 17.2. The number of benzene rings is 1. The molecule has 0 amide bonds. The number of nitrogens with one attached hydrogen (secondary N) is 2. The number of hydrogen-bond donors (Lipinski definition) is 4. The van der Waals surface area contributed by atoms with Crippen LogP contribution in [0.25, 0.3) is 0 Å². The van der Waals surface area contributed by atoms with Crippen LogP contribution in [0.1, 0.15) is 36.6 Å². The second-order valence-electron chi connectivity index (χ2n) is 6.79. The molecule has 1 aromatic carbocycles. The number of hydrogen-bond acceptors (Lipinski definition) is 10. The van der Waals surface area contributed by atoms with E-state index in [2.05, 4.69) is 27.2 Å². The van der Waals surface area contributed by atoms with Gasteiger partial charge in [-0.05, 0) is 37.1 Å². The molecule has 10 nitrogen and oxygen atoms in total. The smallest absolute Gasteiger partial charge is 0.211 e. The maximum atomic E-state index is 9.44. The Balaban J connectivity index is 2.15. The SMILES string of the molecule is C=C(C)COc1ccc(C2N=C(NC#N)Nc3nc(N)c(C#N)c(N)c32)cc1OCC. The van der Waals surface area contributed by atoms with Crippen molar-refractivity contribution < 1.29 is 9.47 Å². The summed E-state index contributed by atoms with van der Waals surface area (Å²) in [6.45, 7) is 8.36. The molecule has 1 aliphatic rings. The van der Waals surface area contributed by atoms with Gasteiger partial charge in [0.25, 0.3) is 0 Å². The van der Waals surface area contributed by atoms with Crippen LogP contribution in [0.15, 0.2) is 35.3 Å². The molecule has 3 rings (SSSR count). The molecule has 6 N–H and O–H groups in total. The highest BCUT2D eigenvalue weighted by molar-refractivity contribution is 5.98. The number of nitrogens with zero attached hydrogens (tertiary/aromatic N) is 4. The number of pyridine rings is 1. The van der Waals surface area contributed by atoms with E-state index in [9.17, 15) is 5.26 Å². The van der Waals surface area contributed by atoms with Gasteiger partial charge in [0.1, 0.15) is 35.9 Å². The number of guanidine groups is 1. The molecule has 0 fully saturated rings. The van der Waals surface area contributed by atoms with Crippen molar-refractivity contribution in [2.24, 2.45) is 4.99 Å². The normalized spacial score (nSPS) is 14.2. The summed E-state index contributed by atoms with van der Waals surface area (Å²) in [6.07, 6.45) is 1.82. The highest BCUT2D eigenvalue weighted by atomic mass is 16.5. The van der Waals surface area contributed by atoms with E-state index in [1.165, 1.54) is 0 Å². The van der Waals surface area contributed by atoms with Crippen LogP contribution >= 0.6 is 0 Å². The summed E-state index contributed by atoms with van der Waals surface area (Å²) in [6, 6.07) is 6.68. The zero-order valence-corrected chi connectivity index (χ0v) is 17.2. The Morgan fingerprint density at radius 3 is 2.71 bits per heavy atom. The minimum atomic E-state index is -0.665. The van der Waals surface area contributed by atoms with E-state index in [1.54, 1.807) is 12.1 Å². The fraction of sp³-hybridized carbons (Fsp3) is 0.238. The Morgan fingerprint density at radius 2 is 2.06 bits per heavy atom. The minimum absolute atomic E-state index is 0.0123. The van der Waals surface area contributed by atoms with Gasteiger partial charge < -0.3 is 26.3 Å². The van der Waals surface area contributed by atoms with Crippen molar-refractivity contribution in [3.8, 4) is 23.8 Å². The summed E-state index contributed by atoms with van der Waals surface area (Å²) in [4.78, 5) is 8.79. The van der Waals surface area contributed by atoms with Crippen molar-refractivity contribution in [1.82, 2.24) is 10.3 Å². The molecule has 0 aliphatic carbocycles. The lowest BCUT2D eigenvalue weighted by molar-refractivity contribution is 0.292. The molecule has 31 heavy (non-hydrogen) atoms. The lowest BCUT2D eigenvalue weighted by Gasteiger charge is -2.26. The number of aliphatic imine (C=N–C) groups is 1. The van der Waals surface area contributed by atoms with Crippen molar-refractivity contribution in [2.75, 3.05) is 30.0 Å². The van der Waals surface area contributed by atoms with E-state index in [-0.39, 0.29) is 23.0 Å². The van der Waals surface area contributed by atoms with E-state index in [4.69, 9.17) is 26.2 Å². The van der Waals surface area contributed by atoms with Gasteiger partial charge in [0.15, 0.2) is 17.7 Å². The van der Waals surface area contributed by atoms with Gasteiger partial charge in [-0.3, -0.25) is 5.32 Å². The van der Waals surface area contributed by atoms with Crippen LogP contribution in [0.5, 0.6) is 11.5 Å². The van der Waals surface area contributed by atoms with Gasteiger partial charge in [0.2, 0.25) is 5.96 Å². The number of fused-ring (bicyclic) bond motifs is 1. The van der Waals surface area contributed by atoms with Crippen LogP contribution in [0.3, 0.4) is 0 Å². The number of anilines is 3. The van der Waals surface area contributed by atoms with E-state index in [0.29, 0.717) is 41.7 Å². The van der Waals surface area contributed by atoms with Crippen LogP contribution in [0.2, 0.25) is 0 Å². The third-order valence-corrected chi connectivity index (χ3v) is 4.41. The fourth-order valence-corrected chi connectivity index (χ4v) is 3.11. The molecule has 2 heterocycles. The fourth-order valence-electron chi connectivity index (χ4n) is 3.11. The van der Waals surface area contributed by atoms with Crippen LogP contribution < -0.4 is 31.6 Å². The maximum absolute atomic E-state index is 9.44. The standard InChI is InChI=1S/C21H22N8O2/c1-4-30-15-7-12(5-6-14(15)31-9-11(2)3)18-16-17(24)13(8-22)19(25)28-20(16)29-21(27-18)26-10-23/h5-7,18H,2,4,9H2,1,3H3,(H6,24,25,26,27,28,29). The summed E-state index contributed by atoms with van der Waals surface area (Å²) in [5.41, 5.74) is 14.4. The average Bonchev–Trinajstić information content (AvgIpc) is 2.72. The van der Waals surface area contributed by atoms with Crippen molar-refractivity contribution >= 4 is 23.3 Å². The largest absolute Gasteiger partial charge is 0.490 e. The number of ether oxygens (including phenoxy) is 2. The quantitative estimate of drug-likeness (QED) is 0.313. The number of aromatic nitrogens is 1. The third-order valence-electron chi connectivity index (χ3n) is 4.41. The molecule has 1 aliphatic heterocycles. The zero-order chi connectivity index (χ0) is 22.5. The molecule has 1 aromatic heterocycles. The predicted molar refractivity (Wildman–Crippen MR) is 117 cm³/mol. The molecular weight excluding hydrogens is 396 g/mol. The first-order valence-corrected chi connectivity index (χ1v) is 9.42. The molecule has 158 valence electrons. The van der Waals surface area contributed by atoms with Crippen LogP contribution in [-0.2, 0) is 0 Å². The van der Waals surface area contributed by atoms with E-state index in [1.807, 2.05) is 32.2 Å². The first kappa shape index (κ1) is 21.3. The Hall–Kier alpha value is -4.44. The van der Waals surface area contributed by atoms with Gasteiger partial charge in [-0.1, -0.05) is 12.6 Å². The predicted octanol–water partition coefficient (Wildman–Crippen LogP) is 2.41. The van der Waals surface area contributed by atoms with Crippen LogP contribution in [-0.4, -0.2) is 24.2 Å². The number of nitriles is 2. The number of rotatable bonds is 6. The van der Waals surface area contributed by atoms with Gasteiger partial charge in [-0.25, -0.2) is 9.98 Å². The summed E-state index contributed by atoms with van der Waals surface area (Å²) in [5, 5.41) is 23.8. The molecule has 0 radical (unpaired) electrons. The highest BCUT2D eigenvalue weighted by Crippen LogP contribution is 2.42. The Kier molecular flexibility index (Phi) is 6.13. The monoisotopic (exact) mass is 418 g/mol. The first-order valence-electron chi connectivity index (χ1n) is 9.42. The van der Waals surface area contributed by atoms with Crippen molar-refractivity contribution in [3.63, 3.8) is 0 Å². The molecule has 2 aromatic rings. The van der Waals surface area contributed by atoms with Crippen LogP contribution in [0.4, 0.5) is 17.3 Å². The van der Waals surface area contributed by atoms with Gasteiger partial charge in [0, 0.05) is 5.56 Å². The molecule has 1 unspecified atom stereocenters. The third kappa shape index (κ3) is 4.28. The van der Waals surface area contributed by atoms with Crippen LogP contribution in [0, 0.1) is 22.8 Å². The van der Waals surface area contributed by atoms with Gasteiger partial charge >= 0.3 is 0 Å². The molecule has 0 bridgehead atoms. The first-order chi connectivity index (χ1) is 14.9. The lowest BCUT2D eigenvalue weighted by atomic mass is 9.95. The topological polar surface area (TPSA) is 167 Å². The molecule has 10 heteroatoms. The summed E-state index contributed by atoms with van der Waals surface area (Å²) < 4.78 is 11.5. The van der Waals surface area contributed by atoms with E-state index >= 15 is 0 Å².